The van der Waals surface area contributed by atoms with E-state index < -0.39 is 0 Å². The van der Waals surface area contributed by atoms with Crippen LogP contribution in [0.3, 0.4) is 0 Å². The van der Waals surface area contributed by atoms with Crippen LogP contribution in [0.15, 0.2) is 40.8 Å². The van der Waals surface area contributed by atoms with Gasteiger partial charge in [0.2, 0.25) is 5.91 Å². The second-order valence-electron chi connectivity index (χ2n) is 6.70. The van der Waals surface area contributed by atoms with Crippen LogP contribution in [-0.2, 0) is 22.5 Å². The maximum absolute atomic E-state index is 12.4. The van der Waals surface area contributed by atoms with Crippen molar-refractivity contribution in [1.29, 1.82) is 5.26 Å². The zero-order valence-electron chi connectivity index (χ0n) is 16.3. The number of furan rings is 1. The van der Waals surface area contributed by atoms with Crippen molar-refractivity contribution in [2.45, 2.75) is 19.9 Å². The first kappa shape index (κ1) is 19.7. The second kappa shape index (κ2) is 8.43. The van der Waals surface area contributed by atoms with Gasteiger partial charge in [0, 0.05) is 22.9 Å². The van der Waals surface area contributed by atoms with Gasteiger partial charge in [-0.2, -0.15) is 5.26 Å². The van der Waals surface area contributed by atoms with E-state index in [1.807, 2.05) is 30.3 Å². The zero-order valence-corrected chi connectivity index (χ0v) is 17.1. The first-order valence-electron chi connectivity index (χ1n) is 9.53. The van der Waals surface area contributed by atoms with Crippen molar-refractivity contribution in [1.82, 2.24) is 4.90 Å². The number of carbonyl (C=O) groups excluding carboxylic acids is 2. The Bertz CT molecular complexity index is 1150. The van der Waals surface area contributed by atoms with Crippen LogP contribution in [0.2, 0.25) is 0 Å². The van der Waals surface area contributed by atoms with E-state index in [0.29, 0.717) is 42.4 Å². The third-order valence-electron chi connectivity index (χ3n) is 4.77. The Balaban J connectivity index is 1.48. The summed E-state index contributed by atoms with van der Waals surface area (Å²) in [4.78, 5) is 26.9. The molecule has 3 heterocycles. The summed E-state index contributed by atoms with van der Waals surface area (Å²) in [6, 6.07) is 11.6. The lowest BCUT2D eigenvalue weighted by atomic mass is 10.0. The Kier molecular flexibility index (Phi) is 5.55. The molecule has 0 spiro atoms. The summed E-state index contributed by atoms with van der Waals surface area (Å²) >= 11 is 1.32. The summed E-state index contributed by atoms with van der Waals surface area (Å²) in [5.74, 6) is 0.218. The number of fused-ring (bicyclic) bond motifs is 2. The molecule has 0 fully saturated rings. The maximum Gasteiger partial charge on any atom is 0.410 e. The molecule has 152 valence electrons. The summed E-state index contributed by atoms with van der Waals surface area (Å²) in [6.07, 6.45) is 3.16. The predicted octanol–water partition coefficient (Wildman–Crippen LogP) is 4.53. The predicted molar refractivity (Wildman–Crippen MR) is 114 cm³/mol. The molecule has 30 heavy (non-hydrogen) atoms. The van der Waals surface area contributed by atoms with E-state index in [1.165, 1.54) is 17.4 Å². The highest BCUT2D eigenvalue weighted by Crippen LogP contribution is 2.36. The number of nitrogens with zero attached hydrogens (tertiary/aromatic N) is 2. The monoisotopic (exact) mass is 421 g/mol. The van der Waals surface area contributed by atoms with E-state index >= 15 is 0 Å². The lowest BCUT2D eigenvalue weighted by Gasteiger charge is -2.25. The Morgan fingerprint density at radius 2 is 2.23 bits per heavy atom. The van der Waals surface area contributed by atoms with Gasteiger partial charge >= 0.3 is 6.09 Å². The lowest BCUT2D eigenvalue weighted by Crippen LogP contribution is -2.35. The molecule has 3 aromatic rings. The first-order chi connectivity index (χ1) is 14.6. The number of amides is 2. The third-order valence-corrected chi connectivity index (χ3v) is 5.91. The molecule has 7 nitrogen and oxygen atoms in total. The molecule has 1 aliphatic rings. The van der Waals surface area contributed by atoms with E-state index in [2.05, 4.69) is 11.4 Å². The number of nitrogens with one attached hydrogen (secondary N) is 1. The normalized spacial score (nSPS) is 13.3. The molecule has 0 saturated carbocycles. The van der Waals surface area contributed by atoms with Gasteiger partial charge in [-0.1, -0.05) is 18.2 Å². The van der Waals surface area contributed by atoms with Crippen LogP contribution in [0.5, 0.6) is 0 Å². The van der Waals surface area contributed by atoms with Crippen LogP contribution >= 0.6 is 11.3 Å². The number of rotatable bonds is 4. The number of benzene rings is 1. The molecule has 0 unspecified atom stereocenters. The summed E-state index contributed by atoms with van der Waals surface area (Å²) in [7, 11) is 0. The van der Waals surface area contributed by atoms with Crippen LogP contribution in [-0.4, -0.2) is 30.1 Å². The molecular formula is C22H19N3O4S. The molecule has 1 aromatic carbocycles. The van der Waals surface area contributed by atoms with E-state index in [0.717, 1.165) is 21.4 Å². The van der Waals surface area contributed by atoms with Crippen LogP contribution in [0.4, 0.5) is 9.80 Å². The van der Waals surface area contributed by atoms with Gasteiger partial charge < -0.3 is 19.4 Å². The van der Waals surface area contributed by atoms with E-state index in [-0.39, 0.29) is 12.0 Å². The van der Waals surface area contributed by atoms with Crippen molar-refractivity contribution >= 4 is 45.4 Å². The van der Waals surface area contributed by atoms with Crippen molar-refractivity contribution in [2.75, 3.05) is 18.5 Å². The Hall–Kier alpha value is -3.57. The zero-order chi connectivity index (χ0) is 21.1. The number of ether oxygens (including phenoxy) is 1. The molecule has 8 heteroatoms. The highest BCUT2D eigenvalue weighted by Gasteiger charge is 2.27. The van der Waals surface area contributed by atoms with Gasteiger partial charge in [-0.3, -0.25) is 4.79 Å². The highest BCUT2D eigenvalue weighted by molar-refractivity contribution is 7.16. The standard InChI is InChI=1S/C22H19N3O4S/c1-2-28-22(27)25-10-9-16-17(12-23)21(30-19(16)13-25)24-20(26)8-7-15-11-14-5-3-4-6-18(14)29-15/h3-8,11H,2,9-10,13H2,1H3,(H,24,26). The average molecular weight is 421 g/mol. The summed E-state index contributed by atoms with van der Waals surface area (Å²) in [5, 5.41) is 13.8. The second-order valence-corrected chi connectivity index (χ2v) is 7.80. The van der Waals surface area contributed by atoms with Crippen molar-refractivity contribution in [2.24, 2.45) is 0 Å². The largest absolute Gasteiger partial charge is 0.457 e. The van der Waals surface area contributed by atoms with E-state index in [1.54, 1.807) is 17.9 Å². The van der Waals surface area contributed by atoms with Gasteiger partial charge in [0.15, 0.2) is 0 Å². The molecule has 0 atom stereocenters. The number of anilines is 1. The number of carbonyl (C=O) groups is 2. The molecule has 1 N–H and O–H groups in total. The minimum absolute atomic E-state index is 0.314. The average Bonchev–Trinajstić information content (AvgIpc) is 3.31. The third kappa shape index (κ3) is 3.93. The number of hydrogen-bond acceptors (Lipinski definition) is 6. The van der Waals surface area contributed by atoms with Gasteiger partial charge in [0.05, 0.1) is 18.7 Å². The first-order valence-corrected chi connectivity index (χ1v) is 10.3. The van der Waals surface area contributed by atoms with Crippen molar-refractivity contribution in [3.8, 4) is 6.07 Å². The molecule has 2 aromatic heterocycles. The van der Waals surface area contributed by atoms with Gasteiger partial charge in [0.25, 0.3) is 0 Å². The Labute approximate surface area is 177 Å². The van der Waals surface area contributed by atoms with E-state index in [4.69, 9.17) is 9.15 Å². The number of hydrogen-bond donors (Lipinski definition) is 1. The minimum Gasteiger partial charge on any atom is -0.457 e. The molecule has 2 amide bonds. The van der Waals surface area contributed by atoms with E-state index in [9.17, 15) is 14.9 Å². The van der Waals surface area contributed by atoms with Gasteiger partial charge in [-0.25, -0.2) is 4.79 Å². The fourth-order valence-electron chi connectivity index (χ4n) is 3.38. The molecule has 0 saturated heterocycles. The van der Waals surface area contributed by atoms with Crippen molar-refractivity contribution in [3.63, 3.8) is 0 Å². The number of thiophene rings is 1. The SMILES string of the molecule is CCOC(=O)N1CCc2c(sc(NC(=O)C=Cc3cc4ccccc4o3)c2C#N)C1. The number of nitriles is 1. The fraction of sp³-hybridized carbons (Fsp3) is 0.227. The number of para-hydroxylation sites is 1. The summed E-state index contributed by atoms with van der Waals surface area (Å²) < 4.78 is 10.7. The minimum atomic E-state index is -0.366. The molecular weight excluding hydrogens is 402 g/mol. The van der Waals surface area contributed by atoms with Gasteiger partial charge in [0.1, 0.15) is 22.4 Å². The topological polar surface area (TPSA) is 95.6 Å². The smallest absolute Gasteiger partial charge is 0.410 e. The fourth-order valence-corrected chi connectivity index (χ4v) is 4.59. The molecule has 4 rings (SSSR count). The van der Waals surface area contributed by atoms with Crippen LogP contribution in [0.1, 0.15) is 28.7 Å². The van der Waals surface area contributed by atoms with Crippen LogP contribution in [0.25, 0.3) is 17.0 Å². The summed E-state index contributed by atoms with van der Waals surface area (Å²) in [5.41, 5.74) is 2.10. The van der Waals surface area contributed by atoms with Gasteiger partial charge in [-0.15, -0.1) is 11.3 Å². The Morgan fingerprint density at radius 3 is 3.00 bits per heavy atom. The molecule has 0 bridgehead atoms. The van der Waals surface area contributed by atoms with Crippen molar-refractivity contribution < 1.29 is 18.7 Å². The van der Waals surface area contributed by atoms with Crippen LogP contribution < -0.4 is 5.32 Å². The maximum atomic E-state index is 12.4. The summed E-state index contributed by atoms with van der Waals surface area (Å²) in [6.45, 7) is 2.93. The molecule has 0 aliphatic carbocycles. The lowest BCUT2D eigenvalue weighted by molar-refractivity contribution is -0.111. The highest BCUT2D eigenvalue weighted by atomic mass is 32.1. The van der Waals surface area contributed by atoms with Gasteiger partial charge in [-0.05, 0) is 37.1 Å². The quantitative estimate of drug-likeness (QED) is 0.624. The Morgan fingerprint density at radius 1 is 1.40 bits per heavy atom. The molecule has 1 aliphatic heterocycles. The van der Waals surface area contributed by atoms with Crippen molar-refractivity contribution in [3.05, 3.63) is 58.2 Å². The van der Waals surface area contributed by atoms with Crippen LogP contribution in [0, 0.1) is 11.3 Å². The molecule has 0 radical (unpaired) electrons.